The predicted molar refractivity (Wildman–Crippen MR) is 119 cm³/mol. The Labute approximate surface area is 184 Å². The quantitative estimate of drug-likeness (QED) is 0.473. The highest BCUT2D eigenvalue weighted by Gasteiger charge is 2.20. The summed E-state index contributed by atoms with van der Waals surface area (Å²) in [6, 6.07) is 14.0. The Morgan fingerprint density at radius 1 is 1.12 bits per heavy atom. The highest BCUT2D eigenvalue weighted by molar-refractivity contribution is 5.94. The Balaban J connectivity index is 1.92. The van der Waals surface area contributed by atoms with Gasteiger partial charge in [-0.1, -0.05) is 17.7 Å². The molecule has 9 nitrogen and oxygen atoms in total. The molecule has 2 aromatic carbocycles. The van der Waals surface area contributed by atoms with Crippen LogP contribution < -0.4 is 20.5 Å². The molecule has 32 heavy (non-hydrogen) atoms. The fraction of sp³-hybridized carbons (Fsp3) is 0.174. The van der Waals surface area contributed by atoms with Crippen LogP contribution in [-0.4, -0.2) is 36.1 Å². The van der Waals surface area contributed by atoms with E-state index in [1.165, 1.54) is 27.4 Å². The number of benzene rings is 2. The number of hydrogen-bond acceptors (Lipinski definition) is 7. The molecule has 0 spiro atoms. The number of aryl methyl sites for hydroxylation is 1. The first-order chi connectivity index (χ1) is 15.4. The molecule has 0 atom stereocenters. The van der Waals surface area contributed by atoms with Gasteiger partial charge in [-0.05, 0) is 49.7 Å². The van der Waals surface area contributed by atoms with Crippen LogP contribution in [-0.2, 0) is 0 Å². The van der Waals surface area contributed by atoms with Gasteiger partial charge < -0.3 is 9.47 Å². The molecule has 0 saturated heterocycles. The van der Waals surface area contributed by atoms with Crippen LogP contribution in [0.1, 0.15) is 32.7 Å². The zero-order valence-corrected chi connectivity index (χ0v) is 18.0. The topological polar surface area (TPSA) is 119 Å². The van der Waals surface area contributed by atoms with Gasteiger partial charge in [-0.3, -0.25) is 9.59 Å². The van der Waals surface area contributed by atoms with Crippen molar-refractivity contribution in [1.82, 2.24) is 15.2 Å². The van der Waals surface area contributed by atoms with Gasteiger partial charge in [0.1, 0.15) is 11.6 Å². The van der Waals surface area contributed by atoms with Gasteiger partial charge >= 0.3 is 0 Å². The highest BCUT2D eigenvalue weighted by Crippen LogP contribution is 2.26. The summed E-state index contributed by atoms with van der Waals surface area (Å²) in [5, 5.41) is 17.6. The molecule has 162 valence electrons. The molecule has 1 aromatic heterocycles. The zero-order chi connectivity index (χ0) is 23.3. The number of rotatable bonds is 6. The third-order valence-corrected chi connectivity index (χ3v) is 4.73. The largest absolute Gasteiger partial charge is 0.493 e. The normalized spacial score (nSPS) is 10.6. The standard InChI is InChI=1S/C23H21N5O4/c1-14-5-8-17(9-6-14)28-23(30)18(12-24)15(2)21(27-28)22(29)26-25-13-16-7-10-19(31-3)20(11-16)32-4/h5-11,13H,1-4H3,(H,26,29)/b25-13+. The zero-order valence-electron chi connectivity index (χ0n) is 18.0. The third-order valence-electron chi connectivity index (χ3n) is 4.73. The number of hydrazone groups is 1. The molecule has 3 rings (SSSR count). The SMILES string of the molecule is COc1ccc(/C=N/NC(=O)c2nn(-c3ccc(C)cc3)c(=O)c(C#N)c2C)cc1OC. The van der Waals surface area contributed by atoms with E-state index in [0.29, 0.717) is 22.7 Å². The van der Waals surface area contributed by atoms with Crippen LogP contribution in [0.15, 0.2) is 52.4 Å². The second-order valence-corrected chi connectivity index (χ2v) is 6.83. The van der Waals surface area contributed by atoms with Crippen LogP contribution in [0.3, 0.4) is 0 Å². The van der Waals surface area contributed by atoms with Gasteiger partial charge in [-0.25, -0.2) is 5.43 Å². The molecule has 0 unspecified atom stereocenters. The summed E-state index contributed by atoms with van der Waals surface area (Å²) in [6.07, 6.45) is 1.43. The predicted octanol–water partition coefficient (Wildman–Crippen LogP) is 2.50. The fourth-order valence-electron chi connectivity index (χ4n) is 2.96. The van der Waals surface area contributed by atoms with Crippen molar-refractivity contribution < 1.29 is 14.3 Å². The minimum atomic E-state index is -0.656. The van der Waals surface area contributed by atoms with Crippen LogP contribution in [0.4, 0.5) is 0 Å². The van der Waals surface area contributed by atoms with Crippen molar-refractivity contribution in [1.29, 1.82) is 5.26 Å². The molecule has 0 saturated carbocycles. The number of carbonyl (C=O) groups is 1. The molecule has 1 amide bonds. The number of ether oxygens (including phenoxy) is 2. The number of aromatic nitrogens is 2. The van der Waals surface area contributed by atoms with Crippen molar-refractivity contribution in [3.63, 3.8) is 0 Å². The lowest BCUT2D eigenvalue weighted by Gasteiger charge is -2.11. The lowest BCUT2D eigenvalue weighted by Crippen LogP contribution is -2.31. The molecule has 0 fully saturated rings. The first-order valence-electron chi connectivity index (χ1n) is 9.56. The molecular formula is C23H21N5O4. The minimum absolute atomic E-state index is 0.0776. The third kappa shape index (κ3) is 4.49. The lowest BCUT2D eigenvalue weighted by molar-refractivity contribution is 0.0947. The molecule has 0 aliphatic carbocycles. The van der Waals surface area contributed by atoms with Crippen LogP contribution in [0, 0.1) is 25.2 Å². The monoisotopic (exact) mass is 431 g/mol. The number of hydrogen-bond donors (Lipinski definition) is 1. The van der Waals surface area contributed by atoms with E-state index in [2.05, 4.69) is 15.6 Å². The first-order valence-corrected chi connectivity index (χ1v) is 9.56. The van der Waals surface area contributed by atoms with Crippen LogP contribution in [0.25, 0.3) is 5.69 Å². The number of nitrogens with one attached hydrogen (secondary N) is 1. The van der Waals surface area contributed by atoms with E-state index in [9.17, 15) is 14.9 Å². The highest BCUT2D eigenvalue weighted by atomic mass is 16.5. The summed E-state index contributed by atoms with van der Waals surface area (Å²) < 4.78 is 11.5. The summed E-state index contributed by atoms with van der Waals surface area (Å²) in [4.78, 5) is 25.4. The van der Waals surface area contributed by atoms with Crippen LogP contribution in [0.2, 0.25) is 0 Å². The van der Waals surface area contributed by atoms with E-state index >= 15 is 0 Å². The van der Waals surface area contributed by atoms with Crippen molar-refractivity contribution in [2.45, 2.75) is 13.8 Å². The Morgan fingerprint density at radius 3 is 2.44 bits per heavy atom. The van der Waals surface area contributed by atoms with Crippen LogP contribution in [0.5, 0.6) is 11.5 Å². The average Bonchev–Trinajstić information content (AvgIpc) is 2.80. The van der Waals surface area contributed by atoms with E-state index in [4.69, 9.17) is 9.47 Å². The molecule has 1 N–H and O–H groups in total. The molecule has 0 bridgehead atoms. The van der Waals surface area contributed by atoms with Crippen molar-refractivity contribution in [3.05, 3.63) is 80.8 Å². The van der Waals surface area contributed by atoms with Crippen molar-refractivity contribution in [3.8, 4) is 23.3 Å². The number of methoxy groups -OCH3 is 2. The maximum atomic E-state index is 12.7. The van der Waals surface area contributed by atoms with Crippen molar-refractivity contribution >= 4 is 12.1 Å². The molecule has 0 aliphatic heterocycles. The molecular weight excluding hydrogens is 410 g/mol. The first kappa shape index (κ1) is 22.2. The van der Waals surface area contributed by atoms with Gasteiger partial charge in [0.15, 0.2) is 17.2 Å². The molecule has 1 heterocycles. The summed E-state index contributed by atoms with van der Waals surface area (Å²) in [6.45, 7) is 3.41. The molecule has 3 aromatic rings. The van der Waals surface area contributed by atoms with Gasteiger partial charge in [-0.15, -0.1) is 0 Å². The van der Waals surface area contributed by atoms with Crippen LogP contribution >= 0.6 is 0 Å². The smallest absolute Gasteiger partial charge is 0.292 e. The molecule has 9 heteroatoms. The number of nitrogens with zero attached hydrogens (tertiary/aromatic N) is 4. The van der Waals surface area contributed by atoms with Crippen molar-refractivity contribution in [2.75, 3.05) is 14.2 Å². The Kier molecular flexibility index (Phi) is 6.65. The maximum absolute atomic E-state index is 12.7. The van der Waals surface area contributed by atoms with E-state index in [-0.39, 0.29) is 16.8 Å². The van der Waals surface area contributed by atoms with E-state index in [1.54, 1.807) is 30.3 Å². The second-order valence-electron chi connectivity index (χ2n) is 6.83. The van der Waals surface area contributed by atoms with E-state index < -0.39 is 11.5 Å². The number of nitriles is 1. The maximum Gasteiger partial charge on any atom is 0.292 e. The lowest BCUT2D eigenvalue weighted by atomic mass is 10.1. The van der Waals surface area contributed by atoms with Gasteiger partial charge in [0.2, 0.25) is 0 Å². The van der Waals surface area contributed by atoms with Gasteiger partial charge in [-0.2, -0.15) is 20.1 Å². The van der Waals surface area contributed by atoms with Crippen molar-refractivity contribution in [2.24, 2.45) is 5.10 Å². The van der Waals surface area contributed by atoms with E-state index in [1.807, 2.05) is 25.1 Å². The average molecular weight is 431 g/mol. The molecule has 0 aliphatic rings. The Hall–Kier alpha value is -4.45. The number of carbonyl (C=O) groups excluding carboxylic acids is 1. The second kappa shape index (κ2) is 9.57. The molecule has 0 radical (unpaired) electrons. The van der Waals surface area contributed by atoms with E-state index in [0.717, 1.165) is 10.2 Å². The van der Waals surface area contributed by atoms with Gasteiger partial charge in [0.05, 0.1) is 26.1 Å². The minimum Gasteiger partial charge on any atom is -0.493 e. The Morgan fingerprint density at radius 2 is 1.81 bits per heavy atom. The number of amides is 1. The summed E-state index contributed by atoms with van der Waals surface area (Å²) in [5.41, 5.74) is 3.83. The summed E-state index contributed by atoms with van der Waals surface area (Å²) >= 11 is 0. The summed E-state index contributed by atoms with van der Waals surface area (Å²) in [5.74, 6) is 0.427. The van der Waals surface area contributed by atoms with Gasteiger partial charge in [0.25, 0.3) is 11.5 Å². The van der Waals surface area contributed by atoms with Gasteiger partial charge in [0, 0.05) is 5.56 Å². The summed E-state index contributed by atoms with van der Waals surface area (Å²) in [7, 11) is 3.05. The Bertz CT molecular complexity index is 1290. The fourth-order valence-corrected chi connectivity index (χ4v) is 2.96.